The van der Waals surface area contributed by atoms with E-state index in [9.17, 15) is 10.2 Å². The van der Waals surface area contributed by atoms with Crippen molar-refractivity contribution >= 4 is 0 Å². The lowest BCUT2D eigenvalue weighted by Crippen LogP contribution is -2.61. The van der Waals surface area contributed by atoms with Crippen molar-refractivity contribution in [3.63, 3.8) is 0 Å². The second kappa shape index (κ2) is 3.43. The quantitative estimate of drug-likeness (QED) is 0.544. The normalized spacial score (nSPS) is 47.1. The SMILES string of the molecule is CC1(C)OC[C@H]2OC[C@@H](O)[C@@H](O)[C@@H]2O1. The Bertz CT molecular complexity index is 215. The predicted molar refractivity (Wildman–Crippen MR) is 46.7 cm³/mol. The zero-order valence-corrected chi connectivity index (χ0v) is 8.34. The third kappa shape index (κ3) is 1.78. The molecule has 0 aromatic rings. The summed E-state index contributed by atoms with van der Waals surface area (Å²) in [5.41, 5.74) is 0. The van der Waals surface area contributed by atoms with Gasteiger partial charge < -0.3 is 24.4 Å². The van der Waals surface area contributed by atoms with Gasteiger partial charge in [-0.05, 0) is 13.8 Å². The molecule has 0 spiro atoms. The molecule has 0 unspecified atom stereocenters. The van der Waals surface area contributed by atoms with Crippen LogP contribution in [0.3, 0.4) is 0 Å². The minimum Gasteiger partial charge on any atom is -0.388 e. The molecular formula is C9H16O5. The summed E-state index contributed by atoms with van der Waals surface area (Å²) in [5.74, 6) is -0.720. The molecule has 2 aliphatic rings. The fraction of sp³-hybridized carbons (Fsp3) is 1.00. The lowest BCUT2D eigenvalue weighted by molar-refractivity contribution is -0.346. The number of ether oxygens (including phenoxy) is 3. The fourth-order valence-corrected chi connectivity index (χ4v) is 1.79. The molecule has 0 aromatic heterocycles. The Morgan fingerprint density at radius 3 is 2.64 bits per heavy atom. The molecule has 2 rings (SSSR count). The smallest absolute Gasteiger partial charge is 0.163 e. The monoisotopic (exact) mass is 204 g/mol. The van der Waals surface area contributed by atoms with E-state index in [0.29, 0.717) is 6.61 Å². The van der Waals surface area contributed by atoms with Gasteiger partial charge in [-0.2, -0.15) is 0 Å². The summed E-state index contributed by atoms with van der Waals surface area (Å²) in [4.78, 5) is 0. The molecule has 0 aromatic carbocycles. The molecule has 0 amide bonds. The van der Waals surface area contributed by atoms with Gasteiger partial charge in [-0.15, -0.1) is 0 Å². The maximum absolute atomic E-state index is 9.69. The average Bonchev–Trinajstić information content (AvgIpc) is 2.11. The molecule has 2 N–H and O–H groups in total. The van der Waals surface area contributed by atoms with Gasteiger partial charge in [-0.25, -0.2) is 0 Å². The molecule has 4 atom stereocenters. The minimum atomic E-state index is -0.892. The van der Waals surface area contributed by atoms with E-state index in [1.54, 1.807) is 13.8 Å². The van der Waals surface area contributed by atoms with Crippen LogP contribution in [0.25, 0.3) is 0 Å². The van der Waals surface area contributed by atoms with Crippen LogP contribution >= 0.6 is 0 Å². The number of aliphatic hydroxyl groups excluding tert-OH is 2. The van der Waals surface area contributed by atoms with Crippen LogP contribution in [0.2, 0.25) is 0 Å². The van der Waals surface area contributed by atoms with Crippen molar-refractivity contribution in [3.05, 3.63) is 0 Å². The van der Waals surface area contributed by atoms with Gasteiger partial charge in [-0.3, -0.25) is 0 Å². The van der Waals surface area contributed by atoms with E-state index >= 15 is 0 Å². The van der Waals surface area contributed by atoms with Crippen LogP contribution in [-0.2, 0) is 14.2 Å². The third-order valence-electron chi connectivity index (χ3n) is 2.59. The third-order valence-corrected chi connectivity index (χ3v) is 2.59. The molecule has 0 radical (unpaired) electrons. The van der Waals surface area contributed by atoms with E-state index in [1.807, 2.05) is 0 Å². The highest BCUT2D eigenvalue weighted by Crippen LogP contribution is 2.29. The first kappa shape index (κ1) is 10.3. The fourth-order valence-electron chi connectivity index (χ4n) is 1.79. The van der Waals surface area contributed by atoms with E-state index in [2.05, 4.69) is 0 Å². The molecule has 5 nitrogen and oxygen atoms in total. The van der Waals surface area contributed by atoms with E-state index in [0.717, 1.165) is 0 Å². The van der Waals surface area contributed by atoms with E-state index in [1.165, 1.54) is 0 Å². The standard InChI is InChI=1S/C9H16O5/c1-9(2)13-4-6-8(14-9)7(11)5(10)3-12-6/h5-8,10-11H,3-4H2,1-2H3/t5-,6-,7-,8-/m1/s1. The van der Waals surface area contributed by atoms with Crippen LogP contribution < -0.4 is 0 Å². The van der Waals surface area contributed by atoms with E-state index in [4.69, 9.17) is 14.2 Å². The van der Waals surface area contributed by atoms with Crippen molar-refractivity contribution < 1.29 is 24.4 Å². The highest BCUT2D eigenvalue weighted by Gasteiger charge is 2.46. The second-order valence-corrected chi connectivity index (χ2v) is 4.22. The van der Waals surface area contributed by atoms with Crippen LogP contribution in [0.1, 0.15) is 13.8 Å². The summed E-state index contributed by atoms with van der Waals surface area (Å²) >= 11 is 0. The summed E-state index contributed by atoms with van der Waals surface area (Å²) in [6.45, 7) is 4.07. The Kier molecular flexibility index (Phi) is 2.53. The molecule has 2 aliphatic heterocycles. The zero-order chi connectivity index (χ0) is 10.3. The van der Waals surface area contributed by atoms with Gasteiger partial charge >= 0.3 is 0 Å². The molecule has 82 valence electrons. The Labute approximate surface area is 82.6 Å². The maximum Gasteiger partial charge on any atom is 0.163 e. The second-order valence-electron chi connectivity index (χ2n) is 4.22. The number of fused-ring (bicyclic) bond motifs is 1. The Balaban J connectivity index is 2.08. The van der Waals surface area contributed by atoms with Crippen molar-refractivity contribution in [3.8, 4) is 0 Å². The molecule has 2 heterocycles. The highest BCUT2D eigenvalue weighted by atomic mass is 16.7. The van der Waals surface area contributed by atoms with E-state index < -0.39 is 24.1 Å². The summed E-state index contributed by atoms with van der Waals surface area (Å²) < 4.78 is 16.2. The van der Waals surface area contributed by atoms with Crippen LogP contribution in [0, 0.1) is 0 Å². The van der Waals surface area contributed by atoms with E-state index in [-0.39, 0.29) is 12.7 Å². The minimum absolute atomic E-state index is 0.134. The molecular weight excluding hydrogens is 188 g/mol. The highest BCUT2D eigenvalue weighted by molar-refractivity contribution is 4.91. The largest absolute Gasteiger partial charge is 0.388 e. The Hall–Kier alpha value is -0.200. The Morgan fingerprint density at radius 2 is 1.93 bits per heavy atom. The van der Waals surface area contributed by atoms with Gasteiger partial charge in [0.2, 0.25) is 0 Å². The van der Waals surface area contributed by atoms with Crippen molar-refractivity contribution in [1.29, 1.82) is 0 Å². The van der Waals surface area contributed by atoms with Crippen LogP contribution in [0.5, 0.6) is 0 Å². The van der Waals surface area contributed by atoms with Gasteiger partial charge in [0, 0.05) is 0 Å². The van der Waals surface area contributed by atoms with Gasteiger partial charge in [0.05, 0.1) is 13.2 Å². The van der Waals surface area contributed by atoms with Crippen molar-refractivity contribution in [2.24, 2.45) is 0 Å². The molecule has 2 saturated heterocycles. The van der Waals surface area contributed by atoms with Gasteiger partial charge in [0.1, 0.15) is 24.4 Å². The van der Waals surface area contributed by atoms with Gasteiger partial charge in [0.15, 0.2) is 5.79 Å². The number of aliphatic hydroxyl groups is 2. The lowest BCUT2D eigenvalue weighted by Gasteiger charge is -2.46. The first-order valence-electron chi connectivity index (χ1n) is 4.79. The van der Waals surface area contributed by atoms with Crippen LogP contribution in [0.15, 0.2) is 0 Å². The Morgan fingerprint density at radius 1 is 1.21 bits per heavy atom. The lowest BCUT2D eigenvalue weighted by atomic mass is 9.99. The van der Waals surface area contributed by atoms with Crippen LogP contribution in [-0.4, -0.2) is 53.6 Å². The summed E-state index contributed by atoms with van der Waals surface area (Å²) in [7, 11) is 0. The summed E-state index contributed by atoms with van der Waals surface area (Å²) in [6.07, 6.45) is -2.54. The van der Waals surface area contributed by atoms with Crippen molar-refractivity contribution in [2.45, 2.75) is 44.1 Å². The molecule has 0 saturated carbocycles. The van der Waals surface area contributed by atoms with Crippen LogP contribution in [0.4, 0.5) is 0 Å². The molecule has 14 heavy (non-hydrogen) atoms. The molecule has 0 bridgehead atoms. The number of hydrogen-bond donors (Lipinski definition) is 2. The molecule has 0 aliphatic carbocycles. The average molecular weight is 204 g/mol. The predicted octanol–water partition coefficient (Wildman–Crippen LogP) is -0.742. The van der Waals surface area contributed by atoms with Crippen molar-refractivity contribution in [1.82, 2.24) is 0 Å². The summed E-state index contributed by atoms with van der Waals surface area (Å²) in [6, 6.07) is 0. The number of hydrogen-bond acceptors (Lipinski definition) is 5. The number of rotatable bonds is 0. The van der Waals surface area contributed by atoms with Gasteiger partial charge in [0.25, 0.3) is 0 Å². The van der Waals surface area contributed by atoms with Gasteiger partial charge in [-0.1, -0.05) is 0 Å². The summed E-state index contributed by atoms with van der Waals surface area (Å²) in [5, 5.41) is 19.1. The first-order valence-corrected chi connectivity index (χ1v) is 4.79. The first-order chi connectivity index (χ1) is 6.49. The molecule has 5 heteroatoms. The maximum atomic E-state index is 9.69. The van der Waals surface area contributed by atoms with Crippen molar-refractivity contribution in [2.75, 3.05) is 13.2 Å². The topological polar surface area (TPSA) is 68.2 Å². The zero-order valence-electron chi connectivity index (χ0n) is 8.34. The molecule has 2 fully saturated rings.